The van der Waals surface area contributed by atoms with Gasteiger partial charge in [0, 0.05) is 56.9 Å². The number of aromatic nitrogens is 4. The number of hydrogen-bond acceptors (Lipinski definition) is 7. The lowest BCUT2D eigenvalue weighted by molar-refractivity contribution is -0.131. The lowest BCUT2D eigenvalue weighted by atomic mass is 10.2. The summed E-state index contributed by atoms with van der Waals surface area (Å²) in [6.45, 7) is 6.49. The third kappa shape index (κ3) is 5.14. The van der Waals surface area contributed by atoms with Crippen LogP contribution in [0.25, 0.3) is 11.0 Å². The number of nitrogens with zero attached hydrogens (tertiary/aromatic N) is 6. The van der Waals surface area contributed by atoms with Crippen LogP contribution in [-0.4, -0.2) is 69.2 Å². The molecule has 34 heavy (non-hydrogen) atoms. The number of carbonyl (C=O) groups excluding carboxylic acids is 1. The van der Waals surface area contributed by atoms with E-state index in [1.165, 1.54) is 12.8 Å². The Kier molecular flexibility index (Phi) is 6.89. The highest BCUT2D eigenvalue weighted by Gasteiger charge is 2.24. The normalized spacial score (nSPS) is 16.8. The molecule has 0 unspecified atom stereocenters. The molecule has 1 saturated heterocycles. The van der Waals surface area contributed by atoms with Gasteiger partial charge in [-0.15, -0.1) is 0 Å². The molecule has 0 radical (unpaired) electrons. The number of hydrogen-bond donors (Lipinski definition) is 1. The minimum absolute atomic E-state index is 0.186. The standard InChI is InChI=1S/C25H33N7O2/c1-19(33)32(22-5-2-3-6-22)11-4-10-31-12-9-20-17-27-25(29-24(20)31)28-21-7-8-23(26-18-21)30-13-15-34-16-14-30/h7-9,12,17-18,22H,2-6,10-11,13-16H2,1H3,(H,27,28,29). The molecule has 4 heterocycles. The Morgan fingerprint density at radius 3 is 2.71 bits per heavy atom. The van der Waals surface area contributed by atoms with Gasteiger partial charge >= 0.3 is 0 Å². The van der Waals surface area contributed by atoms with E-state index < -0.39 is 0 Å². The third-order valence-electron chi connectivity index (χ3n) is 6.81. The molecule has 3 aromatic heterocycles. The number of pyridine rings is 1. The Morgan fingerprint density at radius 1 is 1.15 bits per heavy atom. The molecule has 1 N–H and O–H groups in total. The van der Waals surface area contributed by atoms with E-state index >= 15 is 0 Å². The maximum Gasteiger partial charge on any atom is 0.229 e. The van der Waals surface area contributed by atoms with Crippen LogP contribution in [0.1, 0.15) is 39.0 Å². The number of morpholine rings is 1. The molecule has 2 fully saturated rings. The van der Waals surface area contributed by atoms with Crippen LogP contribution in [0, 0.1) is 0 Å². The van der Waals surface area contributed by atoms with Crippen LogP contribution in [0.3, 0.4) is 0 Å². The molecule has 5 rings (SSSR count). The van der Waals surface area contributed by atoms with Gasteiger partial charge in [-0.1, -0.05) is 12.8 Å². The lowest BCUT2D eigenvalue weighted by Gasteiger charge is -2.28. The number of amides is 1. The largest absolute Gasteiger partial charge is 0.378 e. The lowest BCUT2D eigenvalue weighted by Crippen LogP contribution is -2.38. The smallest absolute Gasteiger partial charge is 0.229 e. The van der Waals surface area contributed by atoms with Crippen LogP contribution in [-0.2, 0) is 16.1 Å². The number of fused-ring (bicyclic) bond motifs is 1. The van der Waals surface area contributed by atoms with Crippen LogP contribution >= 0.6 is 0 Å². The molecule has 1 amide bonds. The van der Waals surface area contributed by atoms with Gasteiger partial charge in [0.25, 0.3) is 0 Å². The summed E-state index contributed by atoms with van der Waals surface area (Å²) in [5.74, 6) is 1.69. The first-order valence-electron chi connectivity index (χ1n) is 12.3. The average Bonchev–Trinajstić information content (AvgIpc) is 3.53. The Labute approximate surface area is 200 Å². The van der Waals surface area contributed by atoms with Crippen LogP contribution in [0.15, 0.2) is 36.8 Å². The van der Waals surface area contributed by atoms with E-state index in [1.54, 1.807) is 6.92 Å². The Morgan fingerprint density at radius 2 is 1.97 bits per heavy atom. The maximum atomic E-state index is 12.1. The van der Waals surface area contributed by atoms with Crippen LogP contribution in [0.5, 0.6) is 0 Å². The fraction of sp³-hybridized carbons (Fsp3) is 0.520. The highest BCUT2D eigenvalue weighted by molar-refractivity contribution is 5.77. The van der Waals surface area contributed by atoms with Crippen molar-refractivity contribution in [3.8, 4) is 0 Å². The topological polar surface area (TPSA) is 88.4 Å². The van der Waals surface area contributed by atoms with E-state index in [-0.39, 0.29) is 5.91 Å². The summed E-state index contributed by atoms with van der Waals surface area (Å²) in [6.07, 6.45) is 11.3. The molecular formula is C25H33N7O2. The highest BCUT2D eigenvalue weighted by atomic mass is 16.5. The molecule has 180 valence electrons. The zero-order chi connectivity index (χ0) is 23.3. The minimum atomic E-state index is 0.186. The van der Waals surface area contributed by atoms with E-state index in [1.807, 2.05) is 30.6 Å². The maximum absolute atomic E-state index is 12.1. The Hall–Kier alpha value is -3.20. The molecule has 1 aliphatic heterocycles. The van der Waals surface area contributed by atoms with Crippen molar-refractivity contribution in [2.75, 3.05) is 43.1 Å². The molecule has 0 spiro atoms. The number of ether oxygens (including phenoxy) is 1. The van der Waals surface area contributed by atoms with Crippen molar-refractivity contribution < 1.29 is 9.53 Å². The van der Waals surface area contributed by atoms with Gasteiger partial charge in [-0.25, -0.2) is 9.97 Å². The van der Waals surface area contributed by atoms with E-state index in [0.29, 0.717) is 12.0 Å². The summed E-state index contributed by atoms with van der Waals surface area (Å²) in [4.78, 5) is 30.2. The molecule has 9 nitrogen and oxygen atoms in total. The average molecular weight is 464 g/mol. The number of aryl methyl sites for hydroxylation is 1. The Balaban J connectivity index is 1.22. The zero-order valence-electron chi connectivity index (χ0n) is 19.8. The minimum Gasteiger partial charge on any atom is -0.378 e. The van der Waals surface area contributed by atoms with E-state index in [9.17, 15) is 4.79 Å². The number of nitrogens with one attached hydrogen (secondary N) is 1. The van der Waals surface area contributed by atoms with E-state index in [2.05, 4.69) is 35.8 Å². The molecule has 0 atom stereocenters. The first-order valence-corrected chi connectivity index (χ1v) is 12.3. The van der Waals surface area contributed by atoms with Gasteiger partial charge in [0.15, 0.2) is 0 Å². The molecule has 1 saturated carbocycles. The van der Waals surface area contributed by atoms with Crippen molar-refractivity contribution in [3.05, 3.63) is 36.8 Å². The highest BCUT2D eigenvalue weighted by Crippen LogP contribution is 2.24. The molecule has 9 heteroatoms. The fourth-order valence-corrected chi connectivity index (χ4v) is 5.00. The number of anilines is 3. The van der Waals surface area contributed by atoms with Crippen molar-refractivity contribution >= 4 is 34.4 Å². The summed E-state index contributed by atoms with van der Waals surface area (Å²) in [6, 6.07) is 6.47. The molecule has 2 aliphatic rings. The van der Waals surface area contributed by atoms with Crippen LogP contribution in [0.2, 0.25) is 0 Å². The number of carbonyl (C=O) groups is 1. The molecule has 1 aliphatic carbocycles. The summed E-state index contributed by atoms with van der Waals surface area (Å²) < 4.78 is 7.56. The second kappa shape index (κ2) is 10.4. The van der Waals surface area contributed by atoms with Gasteiger partial charge in [-0.2, -0.15) is 4.98 Å². The van der Waals surface area contributed by atoms with Gasteiger partial charge in [0.1, 0.15) is 11.5 Å². The van der Waals surface area contributed by atoms with Gasteiger partial charge in [0.05, 0.1) is 25.1 Å². The van der Waals surface area contributed by atoms with E-state index in [0.717, 1.165) is 81.2 Å². The Bertz CT molecular complexity index is 1100. The molecule has 0 aromatic carbocycles. The predicted octanol–water partition coefficient (Wildman–Crippen LogP) is 3.59. The SMILES string of the molecule is CC(=O)N(CCCn1ccc2cnc(Nc3ccc(N4CCOCC4)nc3)nc21)C1CCCC1. The third-order valence-corrected chi connectivity index (χ3v) is 6.81. The van der Waals surface area contributed by atoms with Gasteiger partial charge in [0.2, 0.25) is 11.9 Å². The van der Waals surface area contributed by atoms with Gasteiger partial charge < -0.3 is 24.4 Å². The summed E-state index contributed by atoms with van der Waals surface area (Å²) in [7, 11) is 0. The summed E-state index contributed by atoms with van der Waals surface area (Å²) in [5.41, 5.74) is 1.74. The second-order valence-electron chi connectivity index (χ2n) is 9.12. The zero-order valence-corrected chi connectivity index (χ0v) is 19.8. The van der Waals surface area contributed by atoms with Crippen molar-refractivity contribution in [3.63, 3.8) is 0 Å². The second-order valence-corrected chi connectivity index (χ2v) is 9.12. The van der Waals surface area contributed by atoms with Gasteiger partial charge in [-0.3, -0.25) is 4.79 Å². The quantitative estimate of drug-likeness (QED) is 0.546. The van der Waals surface area contributed by atoms with Gasteiger partial charge in [-0.05, 0) is 37.5 Å². The molecule has 3 aromatic rings. The van der Waals surface area contributed by atoms with Crippen molar-refractivity contribution in [1.82, 2.24) is 24.4 Å². The summed E-state index contributed by atoms with van der Waals surface area (Å²) >= 11 is 0. The van der Waals surface area contributed by atoms with Crippen molar-refractivity contribution in [1.29, 1.82) is 0 Å². The fourth-order valence-electron chi connectivity index (χ4n) is 5.00. The first kappa shape index (κ1) is 22.6. The van der Waals surface area contributed by atoms with Crippen LogP contribution < -0.4 is 10.2 Å². The first-order chi connectivity index (χ1) is 16.7. The van der Waals surface area contributed by atoms with Crippen molar-refractivity contribution in [2.45, 2.75) is 51.6 Å². The van der Waals surface area contributed by atoms with Crippen LogP contribution in [0.4, 0.5) is 17.5 Å². The number of rotatable bonds is 8. The molecule has 0 bridgehead atoms. The summed E-state index contributed by atoms with van der Waals surface area (Å²) in [5, 5.41) is 4.28. The van der Waals surface area contributed by atoms with E-state index in [4.69, 9.17) is 9.72 Å². The van der Waals surface area contributed by atoms with Crippen molar-refractivity contribution in [2.24, 2.45) is 0 Å². The monoisotopic (exact) mass is 463 g/mol. The molecular weight excluding hydrogens is 430 g/mol. The predicted molar refractivity (Wildman–Crippen MR) is 132 cm³/mol.